The molecule has 12 heteroatoms. The molecule has 2 aromatic rings. The number of aromatic nitrogens is 3. The highest BCUT2D eigenvalue weighted by Crippen LogP contribution is 2.19. The molecule has 12 nitrogen and oxygen atoms in total. The molecule has 0 aliphatic heterocycles. The molecule has 0 saturated carbocycles. The van der Waals surface area contributed by atoms with Gasteiger partial charge in [0.2, 0.25) is 0 Å². The first kappa shape index (κ1) is 15.4. The van der Waals surface area contributed by atoms with Gasteiger partial charge in [-0.2, -0.15) is 15.7 Å². The van der Waals surface area contributed by atoms with Gasteiger partial charge >= 0.3 is 5.82 Å². The lowest BCUT2D eigenvalue weighted by atomic mass is 10.2. The maximum Gasteiger partial charge on any atom is 0.301 e. The third-order valence-electron chi connectivity index (χ3n) is 2.67. The van der Waals surface area contributed by atoms with Crippen LogP contribution < -0.4 is 15.7 Å². The fourth-order valence-electron chi connectivity index (χ4n) is 1.70. The van der Waals surface area contributed by atoms with Crippen molar-refractivity contribution in [3.8, 4) is 5.69 Å². The van der Waals surface area contributed by atoms with E-state index < -0.39 is 15.7 Å². The van der Waals surface area contributed by atoms with Crippen molar-refractivity contribution in [3.05, 3.63) is 39.5 Å². The summed E-state index contributed by atoms with van der Waals surface area (Å²) >= 11 is 0. The van der Waals surface area contributed by atoms with Gasteiger partial charge in [-0.25, -0.2) is 15.6 Å². The van der Waals surface area contributed by atoms with Crippen molar-refractivity contribution >= 4 is 17.2 Å². The van der Waals surface area contributed by atoms with Crippen LogP contribution in [0, 0.1) is 22.5 Å². The van der Waals surface area contributed by atoms with E-state index in [-0.39, 0.29) is 28.6 Å². The van der Waals surface area contributed by atoms with Crippen LogP contribution in [-0.2, 0) is 0 Å². The second kappa shape index (κ2) is 5.78. The largest absolute Gasteiger partial charge is 0.595 e. The number of hydrogen-bond donors (Lipinski definition) is 6. The molecule has 0 spiro atoms. The Kier molecular flexibility index (Phi) is 4.24. The third kappa shape index (κ3) is 3.03. The van der Waals surface area contributed by atoms with Crippen molar-refractivity contribution in [2.24, 2.45) is 0 Å². The molecule has 1 aromatic carbocycles. The summed E-state index contributed by atoms with van der Waals surface area (Å²) in [5.74, 6) is -0.311. The van der Waals surface area contributed by atoms with Gasteiger partial charge in [-0.15, -0.1) is 9.90 Å². The Hall–Kier alpha value is -2.00. The number of hydrogen-bond acceptors (Lipinski definition) is 8. The Labute approximate surface area is 116 Å². The number of quaternary nitrogens is 3. The van der Waals surface area contributed by atoms with Crippen molar-refractivity contribution in [3.63, 3.8) is 0 Å². The monoisotopic (exact) mass is 300 g/mol. The first-order chi connectivity index (χ1) is 9.81. The summed E-state index contributed by atoms with van der Waals surface area (Å²) < 4.78 is 0. The minimum Gasteiger partial charge on any atom is -0.595 e. The summed E-state index contributed by atoms with van der Waals surface area (Å²) in [7, 11) is 0. The van der Waals surface area contributed by atoms with Crippen LogP contribution in [0.4, 0.5) is 17.2 Å². The number of nitrogens with zero attached hydrogens (tertiary/aromatic N) is 3. The van der Waals surface area contributed by atoms with E-state index in [0.717, 1.165) is 10.9 Å². The smallest absolute Gasteiger partial charge is 0.301 e. The second-order valence-corrected chi connectivity index (χ2v) is 4.07. The highest BCUT2D eigenvalue weighted by molar-refractivity contribution is 5.56. The molecule has 3 atom stereocenters. The Balaban J connectivity index is 2.55. The van der Waals surface area contributed by atoms with E-state index in [9.17, 15) is 15.6 Å². The van der Waals surface area contributed by atoms with Gasteiger partial charge in [-0.1, -0.05) is 5.10 Å². The maximum atomic E-state index is 11.2. The van der Waals surface area contributed by atoms with E-state index in [1.807, 2.05) is 0 Å². The lowest BCUT2D eigenvalue weighted by Gasteiger charge is -2.17. The van der Waals surface area contributed by atoms with Crippen molar-refractivity contribution in [1.29, 1.82) is 0 Å². The molecule has 0 saturated heterocycles. The highest BCUT2D eigenvalue weighted by atomic mass is 16.8. The molecule has 2 rings (SSSR count). The molecule has 0 radical (unpaired) electrons. The van der Waals surface area contributed by atoms with E-state index in [4.69, 9.17) is 15.6 Å². The third-order valence-corrected chi connectivity index (χ3v) is 2.67. The molecule has 3 unspecified atom stereocenters. The van der Waals surface area contributed by atoms with Crippen LogP contribution in [-0.4, -0.2) is 30.6 Å². The number of nitrogens with one attached hydrogen (secondary N) is 3. The summed E-state index contributed by atoms with van der Waals surface area (Å²) in [6.45, 7) is 1.42. The minimum absolute atomic E-state index is 0.0249. The Morgan fingerprint density at radius 1 is 1.00 bits per heavy atom. The maximum absolute atomic E-state index is 11.2. The molecular formula is C9H12N6O6. The quantitative estimate of drug-likeness (QED) is 0.320. The summed E-state index contributed by atoms with van der Waals surface area (Å²) in [5, 5.41) is 63.5. The van der Waals surface area contributed by atoms with Gasteiger partial charge in [0.05, 0.1) is 6.07 Å². The molecule has 0 fully saturated rings. The number of aryl methyl sites for hydroxylation is 1. The van der Waals surface area contributed by atoms with E-state index >= 15 is 0 Å². The topological polar surface area (TPSA) is 174 Å². The van der Waals surface area contributed by atoms with Crippen LogP contribution in [0.25, 0.3) is 5.69 Å². The van der Waals surface area contributed by atoms with E-state index in [1.165, 1.54) is 19.1 Å². The van der Waals surface area contributed by atoms with Crippen LogP contribution in [0.5, 0.6) is 0 Å². The minimum atomic E-state index is -1.38. The lowest BCUT2D eigenvalue weighted by Crippen LogP contribution is -3.01. The summed E-state index contributed by atoms with van der Waals surface area (Å²) in [4.78, 5) is 0.855. The fraction of sp³-hybridized carbons (Fsp3) is 0.111. The van der Waals surface area contributed by atoms with E-state index in [0.29, 0.717) is 0 Å². The zero-order chi connectivity index (χ0) is 15.7. The molecule has 114 valence electrons. The summed E-state index contributed by atoms with van der Waals surface area (Å²) in [6.07, 6.45) is 0. The molecule has 0 amide bonds. The van der Waals surface area contributed by atoms with Crippen molar-refractivity contribution < 1.29 is 31.3 Å². The fourth-order valence-corrected chi connectivity index (χ4v) is 1.70. The lowest BCUT2D eigenvalue weighted by molar-refractivity contribution is -0.996. The standard InChI is InChI=1S/C9H12N6O6/c1-5-9(15(20)21)11-12(10-5)7-3-2-6(13(16)17)4-8(7)14(18)19/h2-4,13-16,18,20H,1H3. The van der Waals surface area contributed by atoms with Crippen LogP contribution in [0.2, 0.25) is 0 Å². The molecular weight excluding hydrogens is 288 g/mol. The van der Waals surface area contributed by atoms with E-state index in [2.05, 4.69) is 10.2 Å². The number of benzene rings is 1. The predicted octanol–water partition coefficient (Wildman–Crippen LogP) is -3.21. The molecule has 1 aromatic heterocycles. The normalized spacial score (nSPS) is 15.8. The summed E-state index contributed by atoms with van der Waals surface area (Å²) in [6, 6.07) is 3.35. The zero-order valence-corrected chi connectivity index (χ0v) is 10.6. The molecule has 1 heterocycles. The zero-order valence-electron chi connectivity index (χ0n) is 10.6. The van der Waals surface area contributed by atoms with Crippen LogP contribution in [0.3, 0.4) is 0 Å². The van der Waals surface area contributed by atoms with Gasteiger partial charge in [-0.05, 0) is 13.0 Å². The first-order valence-electron chi connectivity index (χ1n) is 5.59. The van der Waals surface area contributed by atoms with Crippen molar-refractivity contribution in [2.45, 2.75) is 6.92 Å². The van der Waals surface area contributed by atoms with Gasteiger partial charge in [0.15, 0.2) is 17.1 Å². The Morgan fingerprint density at radius 3 is 2.14 bits per heavy atom. The van der Waals surface area contributed by atoms with Gasteiger partial charge in [0.1, 0.15) is 5.69 Å². The average Bonchev–Trinajstić information content (AvgIpc) is 2.80. The van der Waals surface area contributed by atoms with Crippen LogP contribution in [0.1, 0.15) is 5.69 Å². The van der Waals surface area contributed by atoms with Crippen LogP contribution in [0.15, 0.2) is 18.2 Å². The molecule has 0 aliphatic rings. The highest BCUT2D eigenvalue weighted by Gasteiger charge is 2.20. The Morgan fingerprint density at radius 2 is 1.67 bits per heavy atom. The van der Waals surface area contributed by atoms with Crippen molar-refractivity contribution in [1.82, 2.24) is 15.0 Å². The SMILES string of the molecule is Cc1nn(-c2ccc([NH+]([O-])O)cc2[NH+]([O-])O)nc1[NH+]([O-])O. The van der Waals surface area contributed by atoms with Gasteiger partial charge in [-0.3, -0.25) is 0 Å². The first-order valence-corrected chi connectivity index (χ1v) is 5.59. The van der Waals surface area contributed by atoms with Gasteiger partial charge in [0.25, 0.3) is 0 Å². The van der Waals surface area contributed by atoms with E-state index in [1.54, 1.807) is 0 Å². The molecule has 0 aliphatic carbocycles. The number of rotatable bonds is 4. The summed E-state index contributed by atoms with van der Waals surface area (Å²) in [5.41, 5.74) is -0.468. The average molecular weight is 300 g/mol. The molecule has 0 bridgehead atoms. The molecule has 6 N–H and O–H groups in total. The van der Waals surface area contributed by atoms with Gasteiger partial charge in [0, 0.05) is 6.07 Å². The van der Waals surface area contributed by atoms with Crippen molar-refractivity contribution in [2.75, 3.05) is 0 Å². The Bertz CT molecular complexity index is 642. The predicted molar refractivity (Wildman–Crippen MR) is 63.4 cm³/mol. The van der Waals surface area contributed by atoms with Crippen LogP contribution >= 0.6 is 0 Å². The molecule has 21 heavy (non-hydrogen) atoms. The van der Waals surface area contributed by atoms with Gasteiger partial charge < -0.3 is 15.6 Å². The second-order valence-electron chi connectivity index (χ2n) is 4.07.